The van der Waals surface area contributed by atoms with Crippen molar-refractivity contribution in [2.75, 3.05) is 7.05 Å². The summed E-state index contributed by atoms with van der Waals surface area (Å²) in [6.07, 6.45) is 3.00. The van der Waals surface area contributed by atoms with Crippen LogP contribution in [-0.4, -0.2) is 34.7 Å². The Balaban J connectivity index is 2.65. The van der Waals surface area contributed by atoms with Gasteiger partial charge in [-0.3, -0.25) is 4.90 Å². The van der Waals surface area contributed by atoms with Crippen LogP contribution in [0.15, 0.2) is 0 Å². The molecule has 3 atom stereocenters. The Hall–Kier alpha value is -0.0800. The minimum absolute atomic E-state index is 0.0824. The fourth-order valence-electron chi connectivity index (χ4n) is 2.31. The summed E-state index contributed by atoms with van der Waals surface area (Å²) < 4.78 is 0. The molecule has 3 unspecified atom stereocenters. The molecule has 1 saturated carbocycles. The molecule has 1 rings (SSSR count). The highest BCUT2D eigenvalue weighted by molar-refractivity contribution is 4.88. The van der Waals surface area contributed by atoms with E-state index >= 15 is 0 Å². The van der Waals surface area contributed by atoms with Crippen molar-refractivity contribution in [3.63, 3.8) is 0 Å². The van der Waals surface area contributed by atoms with Gasteiger partial charge >= 0.3 is 0 Å². The van der Waals surface area contributed by atoms with Crippen molar-refractivity contribution in [3.05, 3.63) is 0 Å². The largest absolute Gasteiger partial charge is 0.393 e. The first-order valence-electron chi connectivity index (χ1n) is 5.73. The minimum Gasteiger partial charge on any atom is -0.393 e. The van der Waals surface area contributed by atoms with Crippen molar-refractivity contribution >= 4 is 0 Å². The first kappa shape index (κ1) is 12.0. The first-order chi connectivity index (χ1) is 6.32. The van der Waals surface area contributed by atoms with E-state index in [0.29, 0.717) is 12.0 Å². The van der Waals surface area contributed by atoms with Crippen molar-refractivity contribution in [1.82, 2.24) is 4.90 Å². The van der Waals surface area contributed by atoms with Crippen molar-refractivity contribution in [1.29, 1.82) is 0 Å². The van der Waals surface area contributed by atoms with E-state index in [1.54, 1.807) is 0 Å². The summed E-state index contributed by atoms with van der Waals surface area (Å²) in [6, 6.07) is 0.541. The van der Waals surface area contributed by atoms with E-state index < -0.39 is 0 Å². The summed E-state index contributed by atoms with van der Waals surface area (Å²) in [6.45, 7) is 9.01. The number of rotatable bonds is 1. The molecule has 1 N–H and O–H groups in total. The Kier molecular flexibility index (Phi) is 3.59. The van der Waals surface area contributed by atoms with Crippen LogP contribution in [-0.2, 0) is 0 Å². The second kappa shape index (κ2) is 4.19. The van der Waals surface area contributed by atoms with Crippen LogP contribution in [0.2, 0.25) is 0 Å². The highest BCUT2D eigenvalue weighted by atomic mass is 16.3. The number of aliphatic hydroxyl groups is 1. The Morgan fingerprint density at radius 3 is 2.29 bits per heavy atom. The van der Waals surface area contributed by atoms with Gasteiger partial charge in [0.1, 0.15) is 0 Å². The van der Waals surface area contributed by atoms with E-state index in [9.17, 15) is 5.11 Å². The van der Waals surface area contributed by atoms with Gasteiger partial charge in [0.15, 0.2) is 0 Å². The Morgan fingerprint density at radius 2 is 1.79 bits per heavy atom. The molecular formula is C12H25NO. The Bertz CT molecular complexity index is 185. The molecule has 0 heterocycles. The molecule has 0 aromatic rings. The maximum Gasteiger partial charge on any atom is 0.0555 e. The van der Waals surface area contributed by atoms with Crippen LogP contribution >= 0.6 is 0 Å². The Labute approximate surface area is 88.3 Å². The molecule has 14 heavy (non-hydrogen) atoms. The highest BCUT2D eigenvalue weighted by Gasteiger charge is 2.33. The molecule has 0 aromatic carbocycles. The number of hydrogen-bond donors (Lipinski definition) is 1. The van der Waals surface area contributed by atoms with E-state index in [0.717, 1.165) is 19.3 Å². The summed E-state index contributed by atoms with van der Waals surface area (Å²) in [5, 5.41) is 9.69. The van der Waals surface area contributed by atoms with Gasteiger partial charge < -0.3 is 5.11 Å². The normalized spacial score (nSPS) is 34.9. The lowest BCUT2D eigenvalue weighted by atomic mass is 9.82. The molecular weight excluding hydrogens is 174 g/mol. The van der Waals surface area contributed by atoms with Crippen LogP contribution in [0.25, 0.3) is 0 Å². The molecule has 1 aliphatic carbocycles. The Morgan fingerprint density at radius 1 is 1.21 bits per heavy atom. The van der Waals surface area contributed by atoms with Crippen LogP contribution in [0.5, 0.6) is 0 Å². The SMILES string of the molecule is CC1CCC(O)CC1N(C)C(C)(C)C. The topological polar surface area (TPSA) is 23.5 Å². The van der Waals surface area contributed by atoms with Crippen LogP contribution in [0.1, 0.15) is 47.0 Å². The average Bonchev–Trinajstić information content (AvgIpc) is 2.06. The second-order valence-corrected chi connectivity index (χ2v) is 5.79. The summed E-state index contributed by atoms with van der Waals surface area (Å²) in [4.78, 5) is 2.42. The van der Waals surface area contributed by atoms with Crippen molar-refractivity contribution in [2.24, 2.45) is 5.92 Å². The van der Waals surface area contributed by atoms with Gasteiger partial charge in [0.25, 0.3) is 0 Å². The molecule has 1 aliphatic rings. The first-order valence-corrected chi connectivity index (χ1v) is 5.73. The van der Waals surface area contributed by atoms with Gasteiger partial charge in [0, 0.05) is 11.6 Å². The lowest BCUT2D eigenvalue weighted by Crippen LogP contribution is -2.51. The number of aliphatic hydroxyl groups excluding tert-OH is 1. The van der Waals surface area contributed by atoms with E-state index in [-0.39, 0.29) is 11.6 Å². The fraction of sp³-hybridized carbons (Fsp3) is 1.00. The maximum absolute atomic E-state index is 9.69. The van der Waals surface area contributed by atoms with Crippen LogP contribution in [0.4, 0.5) is 0 Å². The minimum atomic E-state index is -0.0824. The molecule has 0 amide bonds. The third-order valence-corrected chi connectivity index (χ3v) is 3.68. The average molecular weight is 199 g/mol. The number of hydrogen-bond acceptors (Lipinski definition) is 2. The van der Waals surface area contributed by atoms with E-state index in [4.69, 9.17) is 0 Å². The van der Waals surface area contributed by atoms with Gasteiger partial charge in [-0.05, 0) is 53.0 Å². The lowest BCUT2D eigenvalue weighted by Gasteiger charge is -2.44. The summed E-state index contributed by atoms with van der Waals surface area (Å²) in [5.41, 5.74) is 0.204. The fourth-order valence-corrected chi connectivity index (χ4v) is 2.31. The van der Waals surface area contributed by atoms with Crippen LogP contribution < -0.4 is 0 Å². The van der Waals surface area contributed by atoms with E-state index in [1.165, 1.54) is 0 Å². The highest BCUT2D eigenvalue weighted by Crippen LogP contribution is 2.31. The third kappa shape index (κ3) is 2.71. The van der Waals surface area contributed by atoms with E-state index in [1.807, 2.05) is 0 Å². The zero-order valence-electron chi connectivity index (χ0n) is 10.2. The predicted molar refractivity (Wildman–Crippen MR) is 60.3 cm³/mol. The molecule has 2 nitrogen and oxygen atoms in total. The van der Waals surface area contributed by atoms with Gasteiger partial charge in [-0.15, -0.1) is 0 Å². The van der Waals surface area contributed by atoms with Gasteiger partial charge in [-0.2, -0.15) is 0 Å². The molecule has 0 radical (unpaired) electrons. The zero-order chi connectivity index (χ0) is 10.9. The van der Waals surface area contributed by atoms with Gasteiger partial charge in [0.2, 0.25) is 0 Å². The molecule has 84 valence electrons. The van der Waals surface area contributed by atoms with Crippen molar-refractivity contribution in [2.45, 2.75) is 64.6 Å². The summed E-state index contributed by atoms with van der Waals surface area (Å²) in [5.74, 6) is 0.711. The van der Waals surface area contributed by atoms with Crippen molar-refractivity contribution in [3.8, 4) is 0 Å². The van der Waals surface area contributed by atoms with Gasteiger partial charge in [-0.1, -0.05) is 6.92 Å². The molecule has 0 aliphatic heterocycles. The number of nitrogens with zero attached hydrogens (tertiary/aromatic N) is 1. The van der Waals surface area contributed by atoms with Crippen LogP contribution in [0, 0.1) is 5.92 Å². The summed E-state index contributed by atoms with van der Waals surface area (Å²) >= 11 is 0. The molecule has 0 spiro atoms. The second-order valence-electron chi connectivity index (χ2n) is 5.79. The van der Waals surface area contributed by atoms with E-state index in [2.05, 4.69) is 39.6 Å². The smallest absolute Gasteiger partial charge is 0.0555 e. The zero-order valence-corrected chi connectivity index (χ0v) is 10.2. The molecule has 2 heteroatoms. The quantitative estimate of drug-likeness (QED) is 0.700. The third-order valence-electron chi connectivity index (χ3n) is 3.68. The predicted octanol–water partition coefficient (Wildman–Crippen LogP) is 2.27. The van der Waals surface area contributed by atoms with Gasteiger partial charge in [0.05, 0.1) is 6.10 Å². The molecule has 1 fully saturated rings. The standard InChI is InChI=1S/C12H25NO/c1-9-6-7-10(14)8-11(9)13(5)12(2,3)4/h9-11,14H,6-8H2,1-5H3. The maximum atomic E-state index is 9.69. The van der Waals surface area contributed by atoms with Gasteiger partial charge in [-0.25, -0.2) is 0 Å². The molecule has 0 bridgehead atoms. The lowest BCUT2D eigenvalue weighted by molar-refractivity contribution is 0.00638. The van der Waals surface area contributed by atoms with Crippen molar-refractivity contribution < 1.29 is 5.11 Å². The summed E-state index contributed by atoms with van der Waals surface area (Å²) in [7, 11) is 2.18. The monoisotopic (exact) mass is 199 g/mol. The molecule has 0 aromatic heterocycles. The van der Waals surface area contributed by atoms with Crippen LogP contribution in [0.3, 0.4) is 0 Å². The molecule has 0 saturated heterocycles.